The summed E-state index contributed by atoms with van der Waals surface area (Å²) < 4.78 is 14.0. The molecule has 0 radical (unpaired) electrons. The number of rotatable bonds is 6. The molecule has 1 aliphatic heterocycles. The number of carbonyl (C=O) groups excluding carboxylic acids is 1. The largest absolute Gasteiger partial charge is 0.454 e. The van der Waals surface area contributed by atoms with Gasteiger partial charge in [-0.2, -0.15) is 5.10 Å². The fourth-order valence-electron chi connectivity index (χ4n) is 3.52. The quantitative estimate of drug-likeness (QED) is 0.586. The lowest BCUT2D eigenvalue weighted by Gasteiger charge is -2.26. The third-order valence-corrected chi connectivity index (χ3v) is 6.33. The van der Waals surface area contributed by atoms with Crippen LogP contribution in [-0.4, -0.2) is 46.9 Å². The van der Waals surface area contributed by atoms with Crippen LogP contribution < -0.4 is 5.32 Å². The van der Waals surface area contributed by atoms with Crippen LogP contribution in [0.2, 0.25) is 0 Å². The van der Waals surface area contributed by atoms with Crippen molar-refractivity contribution < 1.29 is 13.9 Å². The second-order valence-electron chi connectivity index (χ2n) is 7.45. The minimum Gasteiger partial charge on any atom is -0.454 e. The van der Waals surface area contributed by atoms with Crippen LogP contribution in [0.3, 0.4) is 0 Å². The third-order valence-electron chi connectivity index (χ3n) is 5.18. The molecule has 1 amide bonds. The molecule has 7 nitrogen and oxygen atoms in total. The summed E-state index contributed by atoms with van der Waals surface area (Å²) in [6.45, 7) is 8.65. The summed E-state index contributed by atoms with van der Waals surface area (Å²) in [7, 11) is 0. The lowest BCUT2D eigenvalue weighted by molar-refractivity contribution is 0.0342. The molecule has 158 valence electrons. The summed E-state index contributed by atoms with van der Waals surface area (Å²) in [6, 6.07) is 11.4. The second kappa shape index (κ2) is 9.16. The Bertz CT molecular complexity index is 1040. The Balaban J connectivity index is 1.39. The Morgan fingerprint density at radius 1 is 1.17 bits per heavy atom. The number of nitrogens with one attached hydrogen (secondary N) is 1. The predicted molar refractivity (Wildman–Crippen MR) is 118 cm³/mol. The van der Waals surface area contributed by atoms with Crippen LogP contribution in [0.15, 0.2) is 45.3 Å². The maximum atomic E-state index is 12.6. The number of aromatic nitrogens is 2. The highest BCUT2D eigenvalue weighted by Crippen LogP contribution is 2.21. The molecule has 0 unspecified atom stereocenters. The van der Waals surface area contributed by atoms with Crippen LogP contribution in [0.1, 0.15) is 33.3 Å². The van der Waals surface area contributed by atoms with Gasteiger partial charge in [0.2, 0.25) is 0 Å². The van der Waals surface area contributed by atoms with Gasteiger partial charge in [0, 0.05) is 25.3 Å². The Morgan fingerprint density at radius 3 is 2.70 bits per heavy atom. The molecular weight excluding hydrogens is 448 g/mol. The average molecular weight is 473 g/mol. The summed E-state index contributed by atoms with van der Waals surface area (Å²) in [5, 5.41) is 7.41. The molecule has 3 aromatic rings. The van der Waals surface area contributed by atoms with Gasteiger partial charge in [-0.1, -0.05) is 12.1 Å². The summed E-state index contributed by atoms with van der Waals surface area (Å²) in [4.78, 5) is 15.0. The van der Waals surface area contributed by atoms with Gasteiger partial charge >= 0.3 is 0 Å². The highest BCUT2D eigenvalue weighted by molar-refractivity contribution is 9.10. The zero-order chi connectivity index (χ0) is 21.1. The van der Waals surface area contributed by atoms with E-state index < -0.39 is 0 Å². The highest BCUT2D eigenvalue weighted by atomic mass is 79.9. The van der Waals surface area contributed by atoms with Crippen molar-refractivity contribution in [3.8, 4) is 0 Å². The molecule has 1 saturated heterocycles. The van der Waals surface area contributed by atoms with E-state index in [1.807, 2.05) is 42.8 Å². The predicted octanol–water partition coefficient (Wildman–Crippen LogP) is 3.99. The number of hydrogen-bond acceptors (Lipinski definition) is 5. The van der Waals surface area contributed by atoms with Crippen molar-refractivity contribution in [3.63, 3.8) is 0 Å². The van der Waals surface area contributed by atoms with Gasteiger partial charge < -0.3 is 14.5 Å². The van der Waals surface area contributed by atoms with E-state index in [0.29, 0.717) is 12.3 Å². The number of aryl methyl sites for hydroxylation is 1. The Labute approximate surface area is 184 Å². The number of morpholine rings is 1. The van der Waals surface area contributed by atoms with E-state index in [9.17, 15) is 4.79 Å². The first-order valence-electron chi connectivity index (χ1n) is 9.98. The first-order chi connectivity index (χ1) is 14.5. The molecule has 1 N–H and O–H groups in total. The molecule has 1 fully saturated rings. The molecule has 0 saturated carbocycles. The van der Waals surface area contributed by atoms with Crippen molar-refractivity contribution >= 4 is 27.5 Å². The average Bonchev–Trinajstić information content (AvgIpc) is 3.30. The van der Waals surface area contributed by atoms with Crippen molar-refractivity contribution in [3.05, 3.63) is 69.3 Å². The topological polar surface area (TPSA) is 72.5 Å². The van der Waals surface area contributed by atoms with Crippen LogP contribution >= 0.6 is 15.9 Å². The van der Waals surface area contributed by atoms with Crippen molar-refractivity contribution in [2.75, 3.05) is 31.6 Å². The van der Waals surface area contributed by atoms with Crippen molar-refractivity contribution in [2.24, 2.45) is 0 Å². The van der Waals surface area contributed by atoms with Crippen LogP contribution in [0.5, 0.6) is 0 Å². The summed E-state index contributed by atoms with van der Waals surface area (Å²) in [6.07, 6.45) is 0. The maximum absolute atomic E-state index is 12.6. The third kappa shape index (κ3) is 4.83. The standard InChI is InChI=1S/C22H25BrN4O3/c1-15-21(23)16(2)27(25-15)14-19-6-7-20(30-19)22(28)24-18-5-3-4-17(12-18)13-26-8-10-29-11-9-26/h3-7,12H,8-11,13-14H2,1-2H3,(H,24,28). The molecule has 0 aliphatic carbocycles. The normalized spacial score (nSPS) is 14.8. The fraction of sp³-hybridized carbons (Fsp3) is 0.364. The van der Waals surface area contributed by atoms with Gasteiger partial charge in [-0.25, -0.2) is 0 Å². The van der Waals surface area contributed by atoms with Gasteiger partial charge in [0.15, 0.2) is 5.76 Å². The van der Waals surface area contributed by atoms with Gasteiger partial charge in [0.1, 0.15) is 5.76 Å². The molecular formula is C22H25BrN4O3. The lowest BCUT2D eigenvalue weighted by Crippen LogP contribution is -2.35. The van der Waals surface area contributed by atoms with E-state index in [4.69, 9.17) is 9.15 Å². The van der Waals surface area contributed by atoms with Crippen LogP contribution in [-0.2, 0) is 17.8 Å². The molecule has 1 aromatic carbocycles. The SMILES string of the molecule is Cc1nn(Cc2ccc(C(=O)Nc3cccc(CN4CCOCC4)c3)o2)c(C)c1Br. The van der Waals surface area contributed by atoms with E-state index in [-0.39, 0.29) is 11.7 Å². The van der Waals surface area contributed by atoms with E-state index in [1.165, 1.54) is 0 Å². The van der Waals surface area contributed by atoms with Crippen molar-refractivity contribution in [2.45, 2.75) is 26.9 Å². The first kappa shape index (κ1) is 20.8. The molecule has 2 aromatic heterocycles. The molecule has 1 aliphatic rings. The van der Waals surface area contributed by atoms with E-state index >= 15 is 0 Å². The summed E-state index contributed by atoms with van der Waals surface area (Å²) in [5.41, 5.74) is 3.86. The fourth-order valence-corrected chi connectivity index (χ4v) is 3.80. The van der Waals surface area contributed by atoms with Crippen molar-refractivity contribution in [1.82, 2.24) is 14.7 Å². The van der Waals surface area contributed by atoms with Gasteiger partial charge in [-0.05, 0) is 59.6 Å². The summed E-state index contributed by atoms with van der Waals surface area (Å²) >= 11 is 3.53. The number of halogens is 1. The summed E-state index contributed by atoms with van der Waals surface area (Å²) in [5.74, 6) is 0.697. The number of carbonyl (C=O) groups is 1. The molecule has 30 heavy (non-hydrogen) atoms. The van der Waals surface area contributed by atoms with Gasteiger partial charge in [0.25, 0.3) is 5.91 Å². The Kier molecular flexibility index (Phi) is 6.36. The number of anilines is 1. The molecule has 0 atom stereocenters. The Hall–Kier alpha value is -2.42. The minimum absolute atomic E-state index is 0.265. The maximum Gasteiger partial charge on any atom is 0.291 e. The number of nitrogens with zero attached hydrogens (tertiary/aromatic N) is 3. The van der Waals surface area contributed by atoms with Gasteiger partial charge in [-0.3, -0.25) is 14.4 Å². The molecule has 0 spiro atoms. The van der Waals surface area contributed by atoms with Gasteiger partial charge in [0.05, 0.1) is 35.6 Å². The van der Waals surface area contributed by atoms with E-state index in [0.717, 1.165) is 60.0 Å². The first-order valence-corrected chi connectivity index (χ1v) is 10.8. The number of benzene rings is 1. The van der Waals surface area contributed by atoms with Crippen molar-refractivity contribution in [1.29, 1.82) is 0 Å². The molecule has 4 rings (SSSR count). The Morgan fingerprint density at radius 2 is 1.97 bits per heavy atom. The number of ether oxygens (including phenoxy) is 1. The highest BCUT2D eigenvalue weighted by Gasteiger charge is 2.15. The van der Waals surface area contributed by atoms with Crippen LogP contribution in [0.25, 0.3) is 0 Å². The van der Waals surface area contributed by atoms with Crippen LogP contribution in [0, 0.1) is 13.8 Å². The lowest BCUT2D eigenvalue weighted by atomic mass is 10.2. The smallest absolute Gasteiger partial charge is 0.291 e. The van der Waals surface area contributed by atoms with E-state index in [1.54, 1.807) is 6.07 Å². The van der Waals surface area contributed by atoms with Crippen LogP contribution in [0.4, 0.5) is 5.69 Å². The minimum atomic E-state index is -0.265. The van der Waals surface area contributed by atoms with E-state index in [2.05, 4.69) is 37.3 Å². The molecule has 0 bridgehead atoms. The molecule has 3 heterocycles. The number of furan rings is 1. The molecule has 8 heteroatoms. The number of hydrogen-bond donors (Lipinski definition) is 1. The zero-order valence-electron chi connectivity index (χ0n) is 17.2. The zero-order valence-corrected chi connectivity index (χ0v) is 18.7. The number of amides is 1. The monoisotopic (exact) mass is 472 g/mol. The second-order valence-corrected chi connectivity index (χ2v) is 8.24. The van der Waals surface area contributed by atoms with Gasteiger partial charge in [-0.15, -0.1) is 0 Å².